The fourth-order valence-electron chi connectivity index (χ4n) is 1.34. The van der Waals surface area contributed by atoms with E-state index in [0.29, 0.717) is 32.0 Å². The Bertz CT molecular complexity index is 413. The molecule has 1 aromatic rings. The van der Waals surface area contributed by atoms with Crippen LogP contribution in [0.2, 0.25) is 5.02 Å². The van der Waals surface area contributed by atoms with E-state index in [1.54, 1.807) is 13.2 Å². The third-order valence-corrected chi connectivity index (χ3v) is 2.60. The largest absolute Gasteiger partial charge is 0.382 e. The van der Waals surface area contributed by atoms with Gasteiger partial charge >= 0.3 is 0 Å². The van der Waals surface area contributed by atoms with Gasteiger partial charge in [0, 0.05) is 13.2 Å². The van der Waals surface area contributed by atoms with Crippen molar-refractivity contribution < 1.29 is 19.1 Å². The van der Waals surface area contributed by atoms with E-state index in [-0.39, 0.29) is 17.3 Å². The highest BCUT2D eigenvalue weighted by Crippen LogP contribution is 2.25. The first-order valence-corrected chi connectivity index (χ1v) is 6.10. The van der Waals surface area contributed by atoms with Crippen LogP contribution in [0.15, 0.2) is 18.2 Å². The molecule has 0 atom stereocenters. The summed E-state index contributed by atoms with van der Waals surface area (Å²) < 4.78 is 15.4. The summed E-state index contributed by atoms with van der Waals surface area (Å²) >= 11 is 5.71. The maximum Gasteiger partial charge on any atom is 0.288 e. The number of nitro benzene ring substituents is 1. The first-order chi connectivity index (χ1) is 9.15. The Hall–Kier alpha value is -1.21. The van der Waals surface area contributed by atoms with Gasteiger partial charge in [-0.05, 0) is 11.6 Å². The summed E-state index contributed by atoms with van der Waals surface area (Å²) in [5.41, 5.74) is 0.590. The Morgan fingerprint density at radius 1 is 1.21 bits per heavy atom. The first kappa shape index (κ1) is 15.8. The molecule has 0 amide bonds. The van der Waals surface area contributed by atoms with Crippen LogP contribution in [0.4, 0.5) is 5.69 Å². The van der Waals surface area contributed by atoms with Crippen LogP contribution in [0.3, 0.4) is 0 Å². The van der Waals surface area contributed by atoms with E-state index in [4.69, 9.17) is 25.8 Å². The monoisotopic (exact) mass is 289 g/mol. The lowest BCUT2D eigenvalue weighted by molar-refractivity contribution is -0.384. The van der Waals surface area contributed by atoms with E-state index < -0.39 is 4.92 Å². The van der Waals surface area contributed by atoms with Gasteiger partial charge in [-0.3, -0.25) is 10.1 Å². The summed E-state index contributed by atoms with van der Waals surface area (Å²) in [7, 11) is 1.60. The van der Waals surface area contributed by atoms with Crippen LogP contribution in [0.5, 0.6) is 0 Å². The maximum absolute atomic E-state index is 10.7. The smallest absolute Gasteiger partial charge is 0.288 e. The Morgan fingerprint density at radius 3 is 2.58 bits per heavy atom. The van der Waals surface area contributed by atoms with Crippen LogP contribution in [0.25, 0.3) is 0 Å². The Labute approximate surface area is 116 Å². The summed E-state index contributed by atoms with van der Waals surface area (Å²) in [5.74, 6) is 0. The number of hydrogen-bond donors (Lipinski definition) is 0. The van der Waals surface area contributed by atoms with E-state index >= 15 is 0 Å². The zero-order valence-electron chi connectivity index (χ0n) is 10.6. The number of nitro groups is 1. The first-order valence-electron chi connectivity index (χ1n) is 5.72. The highest BCUT2D eigenvalue weighted by molar-refractivity contribution is 6.32. The van der Waals surface area contributed by atoms with Crippen molar-refractivity contribution >= 4 is 17.3 Å². The highest BCUT2D eigenvalue weighted by Gasteiger charge is 2.12. The van der Waals surface area contributed by atoms with Gasteiger partial charge in [0.25, 0.3) is 5.69 Å². The van der Waals surface area contributed by atoms with Crippen LogP contribution in [0.1, 0.15) is 5.56 Å². The number of hydrogen-bond acceptors (Lipinski definition) is 5. The van der Waals surface area contributed by atoms with E-state index in [0.717, 1.165) is 0 Å². The lowest BCUT2D eigenvalue weighted by atomic mass is 10.2. The normalized spacial score (nSPS) is 10.6. The van der Waals surface area contributed by atoms with E-state index in [9.17, 15) is 10.1 Å². The number of ether oxygens (including phenoxy) is 3. The van der Waals surface area contributed by atoms with Crippen LogP contribution >= 0.6 is 11.6 Å². The maximum atomic E-state index is 10.7. The van der Waals surface area contributed by atoms with Gasteiger partial charge in [0.05, 0.1) is 38.0 Å². The molecule has 0 aliphatic heterocycles. The van der Waals surface area contributed by atoms with Crippen LogP contribution < -0.4 is 0 Å². The van der Waals surface area contributed by atoms with Crippen LogP contribution in [-0.2, 0) is 20.8 Å². The second-order valence-corrected chi connectivity index (χ2v) is 4.11. The average Bonchev–Trinajstić information content (AvgIpc) is 2.39. The summed E-state index contributed by atoms with van der Waals surface area (Å²) in [4.78, 5) is 10.2. The van der Waals surface area contributed by atoms with Crippen molar-refractivity contribution in [3.8, 4) is 0 Å². The zero-order chi connectivity index (χ0) is 14.1. The summed E-state index contributed by atoms with van der Waals surface area (Å²) in [6.07, 6.45) is 0. The van der Waals surface area contributed by atoms with Gasteiger partial charge in [-0.1, -0.05) is 17.7 Å². The lowest BCUT2D eigenvalue weighted by Crippen LogP contribution is -2.08. The molecule has 19 heavy (non-hydrogen) atoms. The van der Waals surface area contributed by atoms with Crippen LogP contribution in [0, 0.1) is 10.1 Å². The van der Waals surface area contributed by atoms with Crippen molar-refractivity contribution in [3.05, 3.63) is 38.9 Å². The van der Waals surface area contributed by atoms with Crippen molar-refractivity contribution in [2.24, 2.45) is 0 Å². The number of halogens is 1. The molecule has 0 saturated heterocycles. The molecule has 0 spiro atoms. The second kappa shape index (κ2) is 8.82. The van der Waals surface area contributed by atoms with Crippen LogP contribution in [-0.4, -0.2) is 38.5 Å². The summed E-state index contributed by atoms with van der Waals surface area (Å²) in [6, 6.07) is 4.60. The fourth-order valence-corrected chi connectivity index (χ4v) is 1.53. The molecular formula is C12H16ClNO5. The quantitative estimate of drug-likeness (QED) is 0.397. The molecule has 7 heteroatoms. The van der Waals surface area contributed by atoms with E-state index in [1.165, 1.54) is 12.1 Å². The average molecular weight is 290 g/mol. The molecule has 0 aliphatic rings. The minimum absolute atomic E-state index is 0.112. The van der Waals surface area contributed by atoms with E-state index in [2.05, 4.69) is 0 Å². The van der Waals surface area contributed by atoms with Crippen molar-refractivity contribution in [3.63, 3.8) is 0 Å². The van der Waals surface area contributed by atoms with Crippen molar-refractivity contribution in [1.29, 1.82) is 0 Å². The molecule has 0 unspecified atom stereocenters. The third-order valence-electron chi connectivity index (χ3n) is 2.28. The van der Waals surface area contributed by atoms with Gasteiger partial charge in [0.15, 0.2) is 0 Å². The molecule has 1 aromatic carbocycles. The molecule has 0 bridgehead atoms. The Morgan fingerprint density at radius 2 is 1.89 bits per heavy atom. The zero-order valence-corrected chi connectivity index (χ0v) is 11.4. The molecule has 0 radical (unpaired) electrons. The molecular weight excluding hydrogens is 274 g/mol. The molecule has 106 valence electrons. The molecule has 0 heterocycles. The molecule has 0 N–H and O–H groups in total. The third kappa shape index (κ3) is 5.98. The predicted molar refractivity (Wildman–Crippen MR) is 70.5 cm³/mol. The van der Waals surface area contributed by atoms with Gasteiger partial charge in [-0.15, -0.1) is 0 Å². The molecule has 1 rings (SSSR count). The van der Waals surface area contributed by atoms with Crippen molar-refractivity contribution in [2.75, 3.05) is 33.5 Å². The van der Waals surface area contributed by atoms with Gasteiger partial charge in [-0.25, -0.2) is 0 Å². The van der Waals surface area contributed by atoms with Crippen molar-refractivity contribution in [2.45, 2.75) is 6.61 Å². The molecule has 6 nitrogen and oxygen atoms in total. The standard InChI is InChI=1S/C12H16ClNO5/c1-17-4-5-18-6-7-19-9-10-2-3-11(13)12(8-10)14(15)16/h2-3,8H,4-7,9H2,1H3. The molecule has 0 aliphatic carbocycles. The van der Waals surface area contributed by atoms with Gasteiger partial charge in [0.2, 0.25) is 0 Å². The van der Waals surface area contributed by atoms with E-state index in [1.807, 2.05) is 0 Å². The van der Waals surface area contributed by atoms with Crippen molar-refractivity contribution in [1.82, 2.24) is 0 Å². The minimum Gasteiger partial charge on any atom is -0.382 e. The lowest BCUT2D eigenvalue weighted by Gasteiger charge is -2.06. The summed E-state index contributed by atoms with van der Waals surface area (Å²) in [6.45, 7) is 2.22. The topological polar surface area (TPSA) is 70.8 Å². The molecule has 0 saturated carbocycles. The van der Waals surface area contributed by atoms with Gasteiger partial charge in [-0.2, -0.15) is 0 Å². The number of rotatable bonds is 9. The number of nitrogens with zero attached hydrogens (tertiary/aromatic N) is 1. The second-order valence-electron chi connectivity index (χ2n) is 3.70. The van der Waals surface area contributed by atoms with Gasteiger partial charge < -0.3 is 14.2 Å². The Kier molecular flexibility index (Phi) is 7.35. The summed E-state index contributed by atoms with van der Waals surface area (Å²) in [5, 5.41) is 10.8. The SMILES string of the molecule is COCCOCCOCc1ccc(Cl)c([N+](=O)[O-])c1. The Balaban J connectivity index is 2.30. The molecule has 0 fully saturated rings. The molecule has 0 aromatic heterocycles. The highest BCUT2D eigenvalue weighted by atomic mass is 35.5. The van der Waals surface area contributed by atoms with Gasteiger partial charge in [0.1, 0.15) is 5.02 Å². The minimum atomic E-state index is -0.514. The fraction of sp³-hybridized carbons (Fsp3) is 0.500. The number of benzene rings is 1. The number of methoxy groups -OCH3 is 1. The predicted octanol–water partition coefficient (Wildman–Crippen LogP) is 2.43.